The summed E-state index contributed by atoms with van der Waals surface area (Å²) in [7, 11) is 1.96. The van der Waals surface area contributed by atoms with Gasteiger partial charge in [0.25, 0.3) is 0 Å². The van der Waals surface area contributed by atoms with Gasteiger partial charge in [-0.05, 0) is 46.8 Å². The van der Waals surface area contributed by atoms with E-state index in [-0.39, 0.29) is 0 Å². The van der Waals surface area contributed by atoms with E-state index in [9.17, 15) is 0 Å². The van der Waals surface area contributed by atoms with Gasteiger partial charge in [0.05, 0.1) is 5.69 Å². The highest BCUT2D eigenvalue weighted by Gasteiger charge is 2.25. The van der Waals surface area contributed by atoms with Crippen LogP contribution in [0.25, 0.3) is 0 Å². The van der Waals surface area contributed by atoms with Crippen molar-refractivity contribution in [1.82, 2.24) is 15.2 Å². The molecule has 4 nitrogen and oxygen atoms in total. The van der Waals surface area contributed by atoms with Crippen LogP contribution in [0.4, 0.5) is 0 Å². The Kier molecular flexibility index (Phi) is 4.78. The number of likely N-dealkylation sites (N-methyl/N-ethyl adjacent to an activating group) is 1. The maximum atomic E-state index is 5.64. The number of likely N-dealkylation sites (tertiary alicyclic amines) is 1. The Hall–Kier alpha value is -0.870. The molecule has 1 N–H and O–H groups in total. The third-order valence-corrected chi connectivity index (χ3v) is 3.81. The van der Waals surface area contributed by atoms with E-state index in [0.717, 1.165) is 37.6 Å². The average Bonchev–Trinajstić information content (AvgIpc) is 2.85. The second kappa shape index (κ2) is 6.34. The van der Waals surface area contributed by atoms with Crippen molar-refractivity contribution in [2.75, 3.05) is 26.7 Å². The van der Waals surface area contributed by atoms with E-state index < -0.39 is 0 Å². The van der Waals surface area contributed by atoms with Gasteiger partial charge < -0.3 is 14.6 Å². The molecule has 0 aliphatic carbocycles. The van der Waals surface area contributed by atoms with Crippen molar-refractivity contribution in [1.29, 1.82) is 0 Å². The molecule has 0 saturated carbocycles. The lowest BCUT2D eigenvalue weighted by Gasteiger charge is -2.33. The molecule has 0 atom stereocenters. The highest BCUT2D eigenvalue weighted by Crippen LogP contribution is 2.28. The largest absolute Gasteiger partial charge is 0.448 e. The molecule has 4 heteroatoms. The molecule has 0 amide bonds. The summed E-state index contributed by atoms with van der Waals surface area (Å²) in [5.41, 5.74) is 1.07. The minimum absolute atomic E-state index is 0.517. The SMILES string of the molecule is CNCCc1coc(C2CCN(C(C)C)CC2)n1. The van der Waals surface area contributed by atoms with Crippen LogP contribution in [0.2, 0.25) is 0 Å². The first-order valence-corrected chi connectivity index (χ1v) is 7.03. The van der Waals surface area contributed by atoms with Crippen molar-refractivity contribution in [3.8, 4) is 0 Å². The van der Waals surface area contributed by atoms with Crippen LogP contribution in [-0.4, -0.2) is 42.6 Å². The number of hydrogen-bond acceptors (Lipinski definition) is 4. The molecule has 1 aliphatic rings. The summed E-state index contributed by atoms with van der Waals surface area (Å²) in [5, 5.41) is 3.13. The van der Waals surface area contributed by atoms with Crippen molar-refractivity contribution in [3.05, 3.63) is 17.8 Å². The molecule has 1 saturated heterocycles. The molecule has 18 heavy (non-hydrogen) atoms. The van der Waals surface area contributed by atoms with E-state index in [2.05, 4.69) is 29.0 Å². The Labute approximate surface area is 110 Å². The highest BCUT2D eigenvalue weighted by molar-refractivity contribution is 5.02. The molecule has 1 fully saturated rings. The Morgan fingerprint density at radius 3 is 2.78 bits per heavy atom. The zero-order valence-corrected chi connectivity index (χ0v) is 11.8. The maximum Gasteiger partial charge on any atom is 0.197 e. The third kappa shape index (κ3) is 3.33. The topological polar surface area (TPSA) is 41.3 Å². The second-order valence-electron chi connectivity index (χ2n) is 5.43. The lowest BCUT2D eigenvalue weighted by molar-refractivity contribution is 0.163. The lowest BCUT2D eigenvalue weighted by atomic mass is 9.96. The molecular weight excluding hydrogens is 226 g/mol. The van der Waals surface area contributed by atoms with Gasteiger partial charge in [-0.15, -0.1) is 0 Å². The molecule has 0 bridgehead atoms. The van der Waals surface area contributed by atoms with Gasteiger partial charge in [-0.2, -0.15) is 0 Å². The molecule has 1 aliphatic heterocycles. The van der Waals surface area contributed by atoms with Gasteiger partial charge in [0.2, 0.25) is 0 Å². The van der Waals surface area contributed by atoms with Crippen LogP contribution in [0.3, 0.4) is 0 Å². The quantitative estimate of drug-likeness (QED) is 0.869. The predicted octanol–water partition coefficient (Wildman–Crippen LogP) is 2.02. The summed E-state index contributed by atoms with van der Waals surface area (Å²) < 4.78 is 5.64. The van der Waals surface area contributed by atoms with Crippen LogP contribution in [0.1, 0.15) is 44.2 Å². The smallest absolute Gasteiger partial charge is 0.197 e. The summed E-state index contributed by atoms with van der Waals surface area (Å²) >= 11 is 0. The number of nitrogens with one attached hydrogen (secondary N) is 1. The van der Waals surface area contributed by atoms with Crippen molar-refractivity contribution in [2.24, 2.45) is 0 Å². The molecule has 0 spiro atoms. The molecule has 102 valence electrons. The minimum Gasteiger partial charge on any atom is -0.448 e. The highest BCUT2D eigenvalue weighted by atomic mass is 16.3. The Balaban J connectivity index is 1.87. The lowest BCUT2D eigenvalue weighted by Crippen LogP contribution is -2.37. The summed E-state index contributed by atoms with van der Waals surface area (Å²) in [4.78, 5) is 7.15. The van der Waals surface area contributed by atoms with Crippen LogP contribution in [-0.2, 0) is 6.42 Å². The maximum absolute atomic E-state index is 5.64. The van der Waals surface area contributed by atoms with Gasteiger partial charge in [-0.1, -0.05) is 0 Å². The molecule has 1 aromatic rings. The average molecular weight is 251 g/mol. The van der Waals surface area contributed by atoms with Gasteiger partial charge in [0, 0.05) is 24.9 Å². The molecule has 0 aromatic carbocycles. The molecular formula is C14H25N3O. The van der Waals surface area contributed by atoms with Crippen LogP contribution in [0.5, 0.6) is 0 Å². The van der Waals surface area contributed by atoms with Gasteiger partial charge in [-0.25, -0.2) is 4.98 Å². The van der Waals surface area contributed by atoms with Crippen LogP contribution < -0.4 is 5.32 Å². The number of rotatable bonds is 5. The molecule has 0 radical (unpaired) electrons. The first kappa shape index (κ1) is 13.6. The van der Waals surface area contributed by atoms with E-state index in [1.807, 2.05) is 13.3 Å². The summed E-state index contributed by atoms with van der Waals surface area (Å²) in [5.74, 6) is 1.47. The summed E-state index contributed by atoms with van der Waals surface area (Å²) in [6.07, 6.45) is 5.11. The fourth-order valence-corrected chi connectivity index (χ4v) is 2.54. The first-order valence-electron chi connectivity index (χ1n) is 7.03. The van der Waals surface area contributed by atoms with E-state index in [0.29, 0.717) is 12.0 Å². The van der Waals surface area contributed by atoms with E-state index in [1.54, 1.807) is 0 Å². The van der Waals surface area contributed by atoms with E-state index in [4.69, 9.17) is 4.42 Å². The minimum atomic E-state index is 0.517. The Morgan fingerprint density at radius 1 is 1.44 bits per heavy atom. The van der Waals surface area contributed by atoms with E-state index >= 15 is 0 Å². The van der Waals surface area contributed by atoms with Gasteiger partial charge in [-0.3, -0.25) is 0 Å². The van der Waals surface area contributed by atoms with Gasteiger partial charge in [0.15, 0.2) is 5.89 Å². The number of oxazole rings is 1. The summed E-state index contributed by atoms with van der Waals surface area (Å²) in [6.45, 7) is 7.81. The van der Waals surface area contributed by atoms with Crippen molar-refractivity contribution >= 4 is 0 Å². The van der Waals surface area contributed by atoms with Crippen molar-refractivity contribution < 1.29 is 4.42 Å². The summed E-state index contributed by atoms with van der Waals surface area (Å²) in [6, 6.07) is 0.654. The monoisotopic (exact) mass is 251 g/mol. The standard InChI is InChI=1S/C14H25N3O/c1-11(2)17-8-5-12(6-9-17)14-16-13(10-18-14)4-7-15-3/h10-12,15H,4-9H2,1-3H3. The van der Waals surface area contributed by atoms with Crippen molar-refractivity contribution in [3.63, 3.8) is 0 Å². The fraction of sp³-hybridized carbons (Fsp3) is 0.786. The zero-order chi connectivity index (χ0) is 13.0. The molecule has 2 rings (SSSR count). The Bertz CT molecular complexity index is 354. The van der Waals surface area contributed by atoms with E-state index in [1.165, 1.54) is 12.8 Å². The van der Waals surface area contributed by atoms with Crippen LogP contribution >= 0.6 is 0 Å². The van der Waals surface area contributed by atoms with Crippen molar-refractivity contribution in [2.45, 2.75) is 45.1 Å². The normalized spacial score (nSPS) is 18.7. The molecule has 2 heterocycles. The third-order valence-electron chi connectivity index (χ3n) is 3.81. The number of nitrogens with zero attached hydrogens (tertiary/aromatic N) is 2. The van der Waals surface area contributed by atoms with Crippen LogP contribution in [0, 0.1) is 0 Å². The molecule has 0 unspecified atom stereocenters. The zero-order valence-electron chi connectivity index (χ0n) is 11.8. The second-order valence-corrected chi connectivity index (χ2v) is 5.43. The van der Waals surface area contributed by atoms with Crippen LogP contribution in [0.15, 0.2) is 10.7 Å². The first-order chi connectivity index (χ1) is 8.70. The Morgan fingerprint density at radius 2 is 2.17 bits per heavy atom. The number of piperidine rings is 1. The fourth-order valence-electron chi connectivity index (χ4n) is 2.54. The predicted molar refractivity (Wildman–Crippen MR) is 72.8 cm³/mol. The van der Waals surface area contributed by atoms with Gasteiger partial charge in [0.1, 0.15) is 6.26 Å². The number of hydrogen-bond donors (Lipinski definition) is 1. The molecule has 1 aromatic heterocycles. The number of aromatic nitrogens is 1. The van der Waals surface area contributed by atoms with Gasteiger partial charge >= 0.3 is 0 Å².